The first-order chi connectivity index (χ1) is 32.6. The number of ether oxygens (including phenoxy) is 1. The molecule has 3 saturated heterocycles. The fourth-order valence-corrected chi connectivity index (χ4v) is 11.3. The molecule has 3 aromatic carbocycles. The molecule has 0 aliphatic carbocycles. The molecule has 2 aromatic heterocycles. The summed E-state index contributed by atoms with van der Waals surface area (Å²) in [5.41, 5.74) is 5.40. The number of nitrogens with one attached hydrogen (secondary N) is 5. The van der Waals surface area contributed by atoms with Crippen molar-refractivity contribution in [2.75, 3.05) is 80.1 Å². The molecule has 3 aliphatic heterocycles. The van der Waals surface area contributed by atoms with E-state index in [9.17, 15) is 18.9 Å². The molecule has 0 spiro atoms. The number of hydrogen-bond donors (Lipinski definition) is 5. The Bertz CT molecular complexity index is 2760. The van der Waals surface area contributed by atoms with Gasteiger partial charge in [0.25, 0.3) is 0 Å². The number of hydrogen-bond acceptors (Lipinski definition) is 13. The number of pyridine rings is 1. The summed E-state index contributed by atoms with van der Waals surface area (Å²) >= 11 is 3.60. The molecule has 0 radical (unpaired) electrons. The number of carbonyl (C=O) groups excluding carboxylic acids is 3. The van der Waals surface area contributed by atoms with Crippen LogP contribution in [0.4, 0.5) is 43.3 Å². The Balaban J connectivity index is 0.815. The van der Waals surface area contributed by atoms with E-state index < -0.39 is 36.5 Å². The first-order valence-electron chi connectivity index (χ1n) is 23.2. The molecule has 3 amide bonds. The number of halogens is 3. The number of carbonyl (C=O) groups is 3. The minimum Gasteiger partial charge on any atom is -0.494 e. The van der Waals surface area contributed by atoms with Crippen molar-refractivity contribution in [1.29, 1.82) is 0 Å². The van der Waals surface area contributed by atoms with E-state index >= 15 is 8.78 Å². The van der Waals surface area contributed by atoms with E-state index in [1.807, 2.05) is 36.1 Å². The summed E-state index contributed by atoms with van der Waals surface area (Å²) in [6.07, 6.45) is 5.50. The highest BCUT2D eigenvalue weighted by Crippen LogP contribution is 2.43. The zero-order chi connectivity index (χ0) is 48.3. The van der Waals surface area contributed by atoms with Crippen molar-refractivity contribution in [3.05, 3.63) is 87.7 Å². The lowest BCUT2D eigenvalue weighted by Gasteiger charge is -2.35. The Labute approximate surface area is 403 Å². The van der Waals surface area contributed by atoms with E-state index in [2.05, 4.69) is 76.4 Å². The summed E-state index contributed by atoms with van der Waals surface area (Å²) in [6.45, 7) is 11.3. The lowest BCUT2D eigenvalue weighted by Crippen LogP contribution is -2.46. The minimum absolute atomic E-state index is 0.0248. The van der Waals surface area contributed by atoms with Crippen molar-refractivity contribution in [2.24, 2.45) is 5.92 Å². The maximum atomic E-state index is 15.2. The molecule has 0 saturated carbocycles. The van der Waals surface area contributed by atoms with Crippen LogP contribution in [0.3, 0.4) is 0 Å². The van der Waals surface area contributed by atoms with Gasteiger partial charge in [-0.05, 0) is 117 Å². The zero-order valence-electron chi connectivity index (χ0n) is 39.0. The van der Waals surface area contributed by atoms with Gasteiger partial charge in [0.05, 0.1) is 34.4 Å². The summed E-state index contributed by atoms with van der Waals surface area (Å²) in [6, 6.07) is 14.6. The Hall–Kier alpha value is -5.71. The first kappa shape index (κ1) is 48.7. The third kappa shape index (κ3) is 10.9. The summed E-state index contributed by atoms with van der Waals surface area (Å²) in [5.74, 6) is -2.51. The van der Waals surface area contributed by atoms with Crippen LogP contribution >= 0.6 is 23.1 Å². The van der Waals surface area contributed by atoms with Gasteiger partial charge in [0.15, 0.2) is 0 Å². The van der Waals surface area contributed by atoms with Gasteiger partial charge < -0.3 is 40.4 Å². The lowest BCUT2D eigenvalue weighted by molar-refractivity contribution is -0.134. The molecule has 68 heavy (non-hydrogen) atoms. The first-order valence-corrected chi connectivity index (χ1v) is 26.6. The third-order valence-corrected chi connectivity index (χ3v) is 15.3. The summed E-state index contributed by atoms with van der Waals surface area (Å²) in [7, 11) is -1.10. The van der Waals surface area contributed by atoms with Gasteiger partial charge in [0.2, 0.25) is 23.7 Å². The molecule has 5 N–H and O–H groups in total. The summed E-state index contributed by atoms with van der Waals surface area (Å²) in [5, 5.41) is 17.2. The molecule has 0 bridgehead atoms. The Morgan fingerprint density at radius 1 is 0.912 bits per heavy atom. The van der Waals surface area contributed by atoms with Crippen LogP contribution in [-0.2, 0) is 25.4 Å². The fraction of sp³-hybridized carbons (Fsp3) is 0.429. The molecule has 19 heteroatoms. The Morgan fingerprint density at radius 3 is 2.31 bits per heavy atom. The number of amides is 3. The van der Waals surface area contributed by atoms with Crippen LogP contribution < -0.4 is 46.4 Å². The molecule has 1 atom stereocenters. The monoisotopic (exact) mass is 1010 g/mol. The van der Waals surface area contributed by atoms with Crippen molar-refractivity contribution >= 4 is 91.5 Å². The van der Waals surface area contributed by atoms with E-state index in [4.69, 9.17) is 9.72 Å². The molecule has 360 valence electrons. The van der Waals surface area contributed by atoms with E-state index in [0.717, 1.165) is 65.9 Å². The SMILES string of the molecule is CCc1cc(Nc2ncc(Br)c(Nc3ccc4nc(C)ccc4c3P(C)(C)=O)n2)c(OC)cc1N1CCC(NCCNC(=O)C2CCN(c3cc(F)c(C4CCC(=O)NC4=O)c(F)c3)CC2)CC1. The van der Waals surface area contributed by atoms with Crippen molar-refractivity contribution in [3.63, 3.8) is 0 Å². The lowest BCUT2D eigenvalue weighted by atomic mass is 9.89. The second kappa shape index (κ2) is 20.9. The van der Waals surface area contributed by atoms with Gasteiger partial charge in [-0.15, -0.1) is 0 Å². The minimum atomic E-state index is -2.75. The maximum absolute atomic E-state index is 15.2. The smallest absolute Gasteiger partial charge is 0.234 e. The van der Waals surface area contributed by atoms with Crippen molar-refractivity contribution in [2.45, 2.75) is 70.8 Å². The highest BCUT2D eigenvalue weighted by atomic mass is 79.9. The van der Waals surface area contributed by atoms with Crippen LogP contribution in [0.2, 0.25) is 0 Å². The van der Waals surface area contributed by atoms with Crippen LogP contribution in [0, 0.1) is 24.5 Å². The van der Waals surface area contributed by atoms with E-state index in [0.29, 0.717) is 83.7 Å². The normalized spacial score (nSPS) is 17.3. The van der Waals surface area contributed by atoms with Crippen LogP contribution in [0.25, 0.3) is 10.9 Å². The number of aryl methyl sites for hydroxylation is 2. The average Bonchev–Trinajstić information content (AvgIpc) is 3.31. The largest absolute Gasteiger partial charge is 0.494 e. The number of anilines is 6. The van der Waals surface area contributed by atoms with Gasteiger partial charge in [0.1, 0.15) is 30.3 Å². The Kier molecular flexibility index (Phi) is 15.0. The van der Waals surface area contributed by atoms with Gasteiger partial charge in [-0.1, -0.05) is 13.0 Å². The van der Waals surface area contributed by atoms with Gasteiger partial charge >= 0.3 is 0 Å². The maximum Gasteiger partial charge on any atom is 0.234 e. The summed E-state index contributed by atoms with van der Waals surface area (Å²) < 4.78 is 50.5. The zero-order valence-corrected chi connectivity index (χ0v) is 41.5. The number of nitrogens with zero attached hydrogens (tertiary/aromatic N) is 5. The number of methoxy groups -OCH3 is 1. The summed E-state index contributed by atoms with van der Waals surface area (Å²) in [4.78, 5) is 55.2. The predicted molar refractivity (Wildman–Crippen MR) is 267 cm³/mol. The molecule has 5 aromatic rings. The Morgan fingerprint density at radius 2 is 1.63 bits per heavy atom. The molecule has 3 fully saturated rings. The van der Waals surface area contributed by atoms with E-state index in [1.54, 1.807) is 26.6 Å². The molecule has 8 rings (SSSR count). The molecule has 1 unspecified atom stereocenters. The number of piperidine rings is 3. The number of aromatic nitrogens is 3. The van der Waals surface area contributed by atoms with Crippen molar-refractivity contribution in [1.82, 2.24) is 30.9 Å². The van der Waals surface area contributed by atoms with Crippen molar-refractivity contribution in [3.8, 4) is 5.75 Å². The van der Waals surface area contributed by atoms with Crippen LogP contribution in [0.5, 0.6) is 5.75 Å². The highest BCUT2D eigenvalue weighted by Gasteiger charge is 2.34. The number of fused-ring (bicyclic) bond motifs is 1. The molecule has 3 aliphatic rings. The third-order valence-electron chi connectivity index (χ3n) is 13.1. The molecule has 5 heterocycles. The van der Waals surface area contributed by atoms with Crippen LogP contribution in [0.1, 0.15) is 68.2 Å². The number of rotatable bonds is 15. The van der Waals surface area contributed by atoms with E-state index in [1.165, 1.54) is 12.1 Å². The molecular formula is C49H58BrF2N10O5P. The number of imide groups is 1. The van der Waals surface area contributed by atoms with Crippen molar-refractivity contribution < 1.29 is 32.5 Å². The van der Waals surface area contributed by atoms with E-state index in [-0.39, 0.29) is 30.2 Å². The second-order valence-electron chi connectivity index (χ2n) is 18.1. The highest BCUT2D eigenvalue weighted by molar-refractivity contribution is 9.10. The fourth-order valence-electron chi connectivity index (χ4n) is 9.58. The molecule has 15 nitrogen and oxygen atoms in total. The van der Waals surface area contributed by atoms with Gasteiger partial charge in [0, 0.05) is 103 Å². The molecular weight excluding hydrogens is 957 g/mol. The van der Waals surface area contributed by atoms with Crippen LogP contribution in [-0.4, -0.2) is 98.4 Å². The number of benzene rings is 3. The topological polar surface area (TPSA) is 183 Å². The second-order valence-corrected chi connectivity index (χ2v) is 22.1. The van der Waals surface area contributed by atoms with Gasteiger partial charge in [-0.3, -0.25) is 24.7 Å². The quantitative estimate of drug-likeness (QED) is 0.0390. The van der Waals surface area contributed by atoms with Crippen LogP contribution in [0.15, 0.2) is 59.2 Å². The standard InChI is InChI=1S/C49H58BrF2N10O5P/c1-6-29-23-40(58-49-55-27-35(50)46(60-49)57-39-11-10-38-33(8-7-28(2)56-38)45(39)68(4,5)66)42(67-3)26-41(29)62-21-15-31(16-22-62)53-17-18-54-47(64)30-13-19-61(20-14-30)32-24-36(51)44(37(52)25-32)34-9-12-43(63)59-48(34)65/h7-8,10-11,23-27,30-31,34,53H,6,9,12-22H2,1-5H3,(H,54,64)(H,59,63,65)(H2,55,57,58,60). The average molecular weight is 1020 g/mol. The van der Waals surface area contributed by atoms with Gasteiger partial charge in [-0.2, -0.15) is 4.98 Å². The predicted octanol–water partition coefficient (Wildman–Crippen LogP) is 7.79. The van der Waals surface area contributed by atoms with Gasteiger partial charge in [-0.25, -0.2) is 13.8 Å².